The first-order chi connectivity index (χ1) is 10.0. The van der Waals surface area contributed by atoms with Crippen molar-refractivity contribution in [1.82, 2.24) is 4.90 Å². The zero-order chi connectivity index (χ0) is 17.5. The van der Waals surface area contributed by atoms with Gasteiger partial charge in [-0.15, -0.1) is 0 Å². The molecule has 1 saturated heterocycles. The van der Waals surface area contributed by atoms with Crippen LogP contribution in [0.4, 0.5) is 13.2 Å². The highest BCUT2D eigenvalue weighted by molar-refractivity contribution is 6.02. The Kier molecular flexibility index (Phi) is 7.50. The summed E-state index contributed by atoms with van der Waals surface area (Å²) in [5.74, 6) is -4.21. The lowest BCUT2D eigenvalue weighted by molar-refractivity contribution is -0.192. The molecule has 1 aliphatic heterocycles. The maximum absolute atomic E-state index is 11.4. The van der Waals surface area contributed by atoms with Gasteiger partial charge in [-0.2, -0.15) is 13.2 Å². The second-order valence-corrected chi connectivity index (χ2v) is 4.07. The quantitative estimate of drug-likeness (QED) is 0.536. The molecule has 0 aromatic heterocycles. The van der Waals surface area contributed by atoms with Crippen LogP contribution in [0.3, 0.4) is 0 Å². The maximum Gasteiger partial charge on any atom is 0.490 e. The van der Waals surface area contributed by atoms with Gasteiger partial charge in [-0.1, -0.05) is 0 Å². The van der Waals surface area contributed by atoms with E-state index < -0.39 is 30.1 Å². The van der Waals surface area contributed by atoms with Crippen molar-refractivity contribution in [2.45, 2.75) is 32.0 Å². The number of carboxylic acid groups (broad SMARTS) is 1. The summed E-state index contributed by atoms with van der Waals surface area (Å²) in [4.78, 5) is 43.6. The molecule has 0 radical (unpaired) electrons. The number of nitrogens with two attached hydrogens (primary N) is 1. The predicted molar refractivity (Wildman–Crippen MR) is 64.3 cm³/mol. The van der Waals surface area contributed by atoms with Crippen LogP contribution in [0, 0.1) is 0 Å². The van der Waals surface area contributed by atoms with Crippen molar-refractivity contribution in [2.75, 3.05) is 13.2 Å². The van der Waals surface area contributed by atoms with Crippen LogP contribution >= 0.6 is 0 Å². The number of halogens is 3. The molecule has 3 N–H and O–H groups in total. The average Bonchev–Trinajstić information content (AvgIpc) is 2.39. The van der Waals surface area contributed by atoms with Gasteiger partial charge in [0.1, 0.15) is 6.54 Å². The smallest absolute Gasteiger partial charge is 0.475 e. The van der Waals surface area contributed by atoms with Gasteiger partial charge in [0.05, 0.1) is 12.6 Å². The van der Waals surface area contributed by atoms with Crippen molar-refractivity contribution >= 4 is 23.8 Å². The molecule has 0 bridgehead atoms. The van der Waals surface area contributed by atoms with E-state index in [4.69, 9.17) is 15.6 Å². The summed E-state index contributed by atoms with van der Waals surface area (Å²) in [5, 5.41) is 7.12. The number of hydrogen-bond donors (Lipinski definition) is 2. The van der Waals surface area contributed by atoms with E-state index in [1.807, 2.05) is 0 Å². The maximum atomic E-state index is 11.4. The molecule has 1 heterocycles. The standard InChI is InChI=1S/C9H14N2O4.C2HF3O2/c1-2-15-8(13)5-11-7(12)4-3-6(10)9(11)14;3-2(4,5)1(6)7/h6H,2-5,10H2,1H3;(H,6,7)/t6-;/m0./s1. The van der Waals surface area contributed by atoms with Crippen LogP contribution in [0.1, 0.15) is 19.8 Å². The first-order valence-electron chi connectivity index (χ1n) is 6.06. The molecule has 0 aromatic carbocycles. The largest absolute Gasteiger partial charge is 0.490 e. The van der Waals surface area contributed by atoms with Crippen LogP contribution in [0.2, 0.25) is 0 Å². The summed E-state index contributed by atoms with van der Waals surface area (Å²) in [6.45, 7) is 1.55. The Morgan fingerprint density at radius 3 is 2.32 bits per heavy atom. The molecule has 1 rings (SSSR count). The summed E-state index contributed by atoms with van der Waals surface area (Å²) in [5.41, 5.74) is 5.49. The highest BCUT2D eigenvalue weighted by Gasteiger charge is 2.38. The molecule has 8 nitrogen and oxygen atoms in total. The highest BCUT2D eigenvalue weighted by atomic mass is 19.4. The summed E-state index contributed by atoms with van der Waals surface area (Å²) in [6, 6.07) is -0.683. The number of likely N-dealkylation sites (tertiary alicyclic amines) is 1. The number of carbonyl (C=O) groups excluding carboxylic acids is 3. The molecule has 0 aliphatic carbocycles. The van der Waals surface area contributed by atoms with Crippen LogP contribution in [0.5, 0.6) is 0 Å². The van der Waals surface area contributed by atoms with E-state index in [-0.39, 0.29) is 25.5 Å². The van der Waals surface area contributed by atoms with E-state index >= 15 is 0 Å². The van der Waals surface area contributed by atoms with Gasteiger partial charge in [0, 0.05) is 6.42 Å². The zero-order valence-electron chi connectivity index (χ0n) is 11.6. The second-order valence-electron chi connectivity index (χ2n) is 4.07. The van der Waals surface area contributed by atoms with Crippen molar-refractivity contribution in [3.63, 3.8) is 0 Å². The summed E-state index contributed by atoms with van der Waals surface area (Å²) < 4.78 is 36.4. The molecular formula is C11H15F3N2O6. The molecule has 2 amide bonds. The number of rotatable bonds is 3. The Bertz CT molecular complexity index is 452. The minimum atomic E-state index is -5.08. The van der Waals surface area contributed by atoms with Crippen LogP contribution in [-0.4, -0.2) is 59.1 Å². The number of aliphatic carboxylic acids is 1. The molecule has 11 heteroatoms. The summed E-state index contributed by atoms with van der Waals surface area (Å²) >= 11 is 0. The number of ether oxygens (including phenoxy) is 1. The van der Waals surface area contributed by atoms with E-state index in [0.717, 1.165) is 4.90 Å². The van der Waals surface area contributed by atoms with Gasteiger partial charge in [0.2, 0.25) is 11.8 Å². The Morgan fingerprint density at radius 1 is 1.41 bits per heavy atom. The summed E-state index contributed by atoms with van der Waals surface area (Å²) in [6.07, 6.45) is -4.54. The lowest BCUT2D eigenvalue weighted by atomic mass is 10.1. The Labute approximate surface area is 123 Å². The molecule has 0 saturated carbocycles. The normalized spacial score (nSPS) is 18.4. The van der Waals surface area contributed by atoms with Gasteiger partial charge in [-0.3, -0.25) is 19.3 Å². The van der Waals surface area contributed by atoms with Gasteiger partial charge in [-0.25, -0.2) is 4.79 Å². The number of carbonyl (C=O) groups is 4. The van der Waals surface area contributed by atoms with Crippen molar-refractivity contribution in [2.24, 2.45) is 5.73 Å². The van der Waals surface area contributed by atoms with E-state index in [1.165, 1.54) is 0 Å². The fourth-order valence-electron chi connectivity index (χ4n) is 1.36. The first-order valence-corrected chi connectivity index (χ1v) is 6.06. The van der Waals surface area contributed by atoms with Crippen LogP contribution in [-0.2, 0) is 23.9 Å². The molecule has 22 heavy (non-hydrogen) atoms. The average molecular weight is 328 g/mol. The van der Waals surface area contributed by atoms with Gasteiger partial charge < -0.3 is 15.6 Å². The van der Waals surface area contributed by atoms with Gasteiger partial charge in [0.15, 0.2) is 0 Å². The SMILES string of the molecule is CCOC(=O)CN1C(=O)CC[C@H](N)C1=O.O=C(O)C(F)(F)F. The Hall–Kier alpha value is -2.17. The molecule has 1 fully saturated rings. The van der Waals surface area contributed by atoms with Gasteiger partial charge in [-0.05, 0) is 13.3 Å². The Morgan fingerprint density at radius 2 is 1.91 bits per heavy atom. The minimum absolute atomic E-state index is 0.201. The lowest BCUT2D eigenvalue weighted by Gasteiger charge is -2.27. The molecule has 1 atom stereocenters. The molecular weight excluding hydrogens is 313 g/mol. The van der Waals surface area contributed by atoms with Crippen molar-refractivity contribution in [3.05, 3.63) is 0 Å². The number of alkyl halides is 3. The number of hydrogen-bond acceptors (Lipinski definition) is 6. The van der Waals surface area contributed by atoms with Gasteiger partial charge >= 0.3 is 18.1 Å². The number of amides is 2. The second kappa shape index (κ2) is 8.32. The van der Waals surface area contributed by atoms with Crippen LogP contribution < -0.4 is 5.73 Å². The highest BCUT2D eigenvalue weighted by Crippen LogP contribution is 2.13. The lowest BCUT2D eigenvalue weighted by Crippen LogP contribution is -2.52. The van der Waals surface area contributed by atoms with Crippen LogP contribution in [0.15, 0.2) is 0 Å². The van der Waals surface area contributed by atoms with Crippen LogP contribution in [0.25, 0.3) is 0 Å². The first kappa shape index (κ1) is 19.8. The molecule has 126 valence electrons. The number of nitrogens with zero attached hydrogens (tertiary/aromatic N) is 1. The number of esters is 1. The fraction of sp³-hybridized carbons (Fsp3) is 0.636. The minimum Gasteiger partial charge on any atom is -0.475 e. The fourth-order valence-corrected chi connectivity index (χ4v) is 1.36. The zero-order valence-corrected chi connectivity index (χ0v) is 11.6. The van der Waals surface area contributed by atoms with Crippen molar-refractivity contribution in [1.29, 1.82) is 0 Å². The van der Waals surface area contributed by atoms with E-state index in [0.29, 0.717) is 6.42 Å². The predicted octanol–water partition coefficient (Wildman–Crippen LogP) is -0.341. The van der Waals surface area contributed by atoms with E-state index in [1.54, 1.807) is 6.92 Å². The number of carboxylic acids is 1. The van der Waals surface area contributed by atoms with Crippen molar-refractivity contribution < 1.29 is 42.2 Å². The number of piperidine rings is 1. The monoisotopic (exact) mass is 328 g/mol. The van der Waals surface area contributed by atoms with E-state index in [2.05, 4.69) is 4.74 Å². The van der Waals surface area contributed by atoms with E-state index in [9.17, 15) is 27.6 Å². The number of imide groups is 1. The molecule has 1 aliphatic rings. The summed E-state index contributed by atoms with van der Waals surface area (Å²) in [7, 11) is 0. The third-order valence-electron chi connectivity index (χ3n) is 2.39. The third kappa shape index (κ3) is 6.52. The van der Waals surface area contributed by atoms with Crippen molar-refractivity contribution in [3.8, 4) is 0 Å². The molecule has 0 spiro atoms. The topological polar surface area (TPSA) is 127 Å². The molecule has 0 unspecified atom stereocenters. The molecule has 0 aromatic rings. The Balaban J connectivity index is 0.000000534. The van der Waals surface area contributed by atoms with Gasteiger partial charge in [0.25, 0.3) is 0 Å². The third-order valence-corrected chi connectivity index (χ3v) is 2.39.